The maximum atomic E-state index is 12.5. The molecule has 3 aliphatic rings. The molecule has 2 aromatic carbocycles. The molecule has 1 aliphatic heterocycles. The first-order valence-corrected chi connectivity index (χ1v) is 13.3. The number of aromatic nitrogens is 4. The highest BCUT2D eigenvalue weighted by atomic mass is 16.2. The third kappa shape index (κ3) is 4.08. The number of benzene rings is 2. The number of rotatable bonds is 6. The molecule has 2 aliphatic carbocycles. The number of anilines is 1. The van der Waals surface area contributed by atoms with Crippen LogP contribution in [0.3, 0.4) is 0 Å². The van der Waals surface area contributed by atoms with Crippen molar-refractivity contribution in [3.05, 3.63) is 66.1 Å². The van der Waals surface area contributed by atoms with E-state index in [1.54, 1.807) is 6.20 Å². The number of amides is 2. The maximum Gasteiger partial charge on any atom is 0.225 e. The van der Waals surface area contributed by atoms with Crippen LogP contribution in [0.15, 0.2) is 54.7 Å². The first-order valence-electron chi connectivity index (χ1n) is 13.3. The highest BCUT2D eigenvalue weighted by Crippen LogP contribution is 2.35. The van der Waals surface area contributed by atoms with Gasteiger partial charge in [0.05, 0.1) is 5.69 Å². The molecule has 9 nitrogen and oxygen atoms in total. The normalized spacial score (nSPS) is 20.6. The van der Waals surface area contributed by atoms with Gasteiger partial charge in [0.1, 0.15) is 11.6 Å². The average Bonchev–Trinajstić information content (AvgIpc) is 3.36. The molecule has 1 saturated carbocycles. The van der Waals surface area contributed by atoms with Crippen LogP contribution in [-0.4, -0.2) is 55.4 Å². The number of nitrogens with two attached hydrogens (primary N) is 1. The van der Waals surface area contributed by atoms with Crippen molar-refractivity contribution in [2.24, 2.45) is 17.6 Å². The van der Waals surface area contributed by atoms with Gasteiger partial charge in [0, 0.05) is 61.3 Å². The van der Waals surface area contributed by atoms with Crippen LogP contribution in [0.1, 0.15) is 30.7 Å². The van der Waals surface area contributed by atoms with Crippen molar-refractivity contribution in [1.29, 1.82) is 0 Å². The zero-order valence-corrected chi connectivity index (χ0v) is 21.0. The predicted octanol–water partition coefficient (Wildman–Crippen LogP) is 3.11. The van der Waals surface area contributed by atoms with Crippen LogP contribution in [0.5, 0.6) is 0 Å². The molecule has 9 heteroatoms. The number of likely N-dealkylation sites (tertiary alicyclic amines) is 1. The number of nitrogens with one attached hydrogen (secondary N) is 1. The Kier molecular flexibility index (Phi) is 5.38. The molecule has 4 aromatic rings. The number of hydrogen-bond donors (Lipinski definition) is 2. The van der Waals surface area contributed by atoms with Gasteiger partial charge < -0.3 is 16.0 Å². The number of primary amides is 1. The Morgan fingerprint density at radius 2 is 1.79 bits per heavy atom. The summed E-state index contributed by atoms with van der Waals surface area (Å²) in [5.41, 5.74) is 8.49. The average molecular weight is 508 g/mol. The van der Waals surface area contributed by atoms with Crippen LogP contribution < -0.4 is 11.1 Å². The summed E-state index contributed by atoms with van der Waals surface area (Å²) in [6.07, 6.45) is 5.70. The van der Waals surface area contributed by atoms with E-state index in [4.69, 9.17) is 15.7 Å². The molecule has 3 N–H and O–H groups in total. The molecule has 1 unspecified atom stereocenters. The number of hydrogen-bond acceptors (Lipinski definition) is 6. The summed E-state index contributed by atoms with van der Waals surface area (Å²) in [7, 11) is 0. The van der Waals surface area contributed by atoms with Crippen LogP contribution in [0.2, 0.25) is 0 Å². The number of fused-ring (bicyclic) bond motifs is 2. The summed E-state index contributed by atoms with van der Waals surface area (Å²) in [6.45, 7) is 1.44. The van der Waals surface area contributed by atoms with Gasteiger partial charge in [-0.2, -0.15) is 4.98 Å². The van der Waals surface area contributed by atoms with Gasteiger partial charge in [-0.05, 0) is 42.2 Å². The second kappa shape index (κ2) is 8.93. The van der Waals surface area contributed by atoms with Crippen molar-refractivity contribution < 1.29 is 9.59 Å². The fourth-order valence-electron chi connectivity index (χ4n) is 5.77. The first kappa shape index (κ1) is 22.9. The van der Waals surface area contributed by atoms with Crippen molar-refractivity contribution in [1.82, 2.24) is 24.4 Å². The van der Waals surface area contributed by atoms with E-state index in [1.165, 1.54) is 0 Å². The van der Waals surface area contributed by atoms with Gasteiger partial charge in [-0.3, -0.25) is 14.2 Å². The lowest BCUT2D eigenvalue weighted by molar-refractivity contribution is -0.131. The minimum atomic E-state index is -0.307. The number of carbonyl (C=O) groups excluding carboxylic acids is 2. The molecule has 0 radical (unpaired) electrons. The lowest BCUT2D eigenvalue weighted by Crippen LogP contribution is -2.32. The smallest absolute Gasteiger partial charge is 0.225 e. The van der Waals surface area contributed by atoms with Crippen molar-refractivity contribution in [3.8, 4) is 17.2 Å². The minimum Gasteiger partial charge on any atom is -0.369 e. The fraction of sp³-hybridized carbons (Fsp3) is 0.345. The van der Waals surface area contributed by atoms with Crippen LogP contribution >= 0.6 is 0 Å². The van der Waals surface area contributed by atoms with E-state index in [0.29, 0.717) is 31.2 Å². The van der Waals surface area contributed by atoms with E-state index in [2.05, 4.69) is 40.6 Å². The Morgan fingerprint density at radius 1 is 0.947 bits per heavy atom. The second-order valence-electron chi connectivity index (χ2n) is 10.7. The van der Waals surface area contributed by atoms with Crippen molar-refractivity contribution in [3.63, 3.8) is 0 Å². The Morgan fingerprint density at radius 3 is 2.61 bits per heavy atom. The summed E-state index contributed by atoms with van der Waals surface area (Å²) in [5, 5.41) is 5.73. The lowest BCUT2D eigenvalue weighted by Gasteiger charge is -2.17. The molecular weight excluding hydrogens is 478 g/mol. The van der Waals surface area contributed by atoms with E-state index in [0.717, 1.165) is 59.4 Å². The largest absolute Gasteiger partial charge is 0.369 e. The lowest BCUT2D eigenvalue weighted by atomic mass is 10.1. The van der Waals surface area contributed by atoms with E-state index in [1.807, 2.05) is 27.7 Å². The molecule has 3 heterocycles. The number of imidazole rings is 1. The molecule has 7 rings (SSSR count). The highest BCUT2D eigenvalue weighted by Gasteiger charge is 2.37. The molecule has 2 fully saturated rings. The minimum absolute atomic E-state index is 0.112. The Hall–Kier alpha value is -4.27. The zero-order valence-electron chi connectivity index (χ0n) is 21.0. The molecule has 38 heavy (non-hydrogen) atoms. The monoisotopic (exact) mass is 507 g/mol. The van der Waals surface area contributed by atoms with Gasteiger partial charge in [0.15, 0.2) is 0 Å². The van der Waals surface area contributed by atoms with Crippen molar-refractivity contribution >= 4 is 28.5 Å². The zero-order chi connectivity index (χ0) is 25.8. The fourth-order valence-corrected chi connectivity index (χ4v) is 5.77. The molecule has 0 spiro atoms. The standard InChI is InChI=1S/C29H29N7O2/c30-26(37)21-14-23-24(15-21)36(27(33-23)20-8-5-17-3-1-2-4-19(17)13-20)25-9-11-31-29(34-25)32-22-10-12-35(16-22)28(38)18-6-7-18/h1-5,8-9,11,13,18,21-22H,6-7,10,12,14-16H2,(H2,30,37)(H,31,32,34)/t21?,22-/m0/s1. The number of carbonyl (C=O) groups is 2. The van der Waals surface area contributed by atoms with E-state index < -0.39 is 0 Å². The highest BCUT2D eigenvalue weighted by molar-refractivity contribution is 5.87. The Bertz CT molecular complexity index is 1570. The van der Waals surface area contributed by atoms with Gasteiger partial charge >= 0.3 is 0 Å². The van der Waals surface area contributed by atoms with Gasteiger partial charge in [-0.25, -0.2) is 9.97 Å². The van der Waals surface area contributed by atoms with Gasteiger partial charge in [0.2, 0.25) is 17.8 Å². The summed E-state index contributed by atoms with van der Waals surface area (Å²) >= 11 is 0. The molecular formula is C29H29N7O2. The SMILES string of the molecule is NC(=O)C1Cc2nc(-c3ccc4ccccc4c3)n(-c3ccnc(N[C@H]4CCN(C(=O)C5CC5)C4)n3)c2C1. The van der Waals surface area contributed by atoms with Crippen LogP contribution in [0.4, 0.5) is 5.95 Å². The van der Waals surface area contributed by atoms with Crippen LogP contribution in [-0.2, 0) is 22.4 Å². The van der Waals surface area contributed by atoms with Gasteiger partial charge in [-0.1, -0.05) is 36.4 Å². The van der Waals surface area contributed by atoms with E-state index in [-0.39, 0.29) is 29.7 Å². The van der Waals surface area contributed by atoms with Gasteiger partial charge in [-0.15, -0.1) is 0 Å². The molecule has 192 valence electrons. The Labute approximate surface area is 220 Å². The van der Waals surface area contributed by atoms with Crippen LogP contribution in [0.25, 0.3) is 28.0 Å². The predicted molar refractivity (Wildman–Crippen MR) is 144 cm³/mol. The third-order valence-corrected chi connectivity index (χ3v) is 7.97. The summed E-state index contributed by atoms with van der Waals surface area (Å²) in [5.74, 6) is 1.93. The second-order valence-corrected chi connectivity index (χ2v) is 10.7. The molecule has 2 aromatic heterocycles. The molecule has 0 bridgehead atoms. The molecule has 2 amide bonds. The molecule has 2 atom stereocenters. The summed E-state index contributed by atoms with van der Waals surface area (Å²) in [6, 6.07) is 16.5. The van der Waals surface area contributed by atoms with E-state index in [9.17, 15) is 9.59 Å². The maximum absolute atomic E-state index is 12.5. The first-order chi connectivity index (χ1) is 18.5. The van der Waals surface area contributed by atoms with Crippen LogP contribution in [0, 0.1) is 11.8 Å². The van der Waals surface area contributed by atoms with Crippen molar-refractivity contribution in [2.45, 2.75) is 38.1 Å². The number of nitrogens with zero attached hydrogens (tertiary/aromatic N) is 5. The van der Waals surface area contributed by atoms with E-state index >= 15 is 0 Å². The van der Waals surface area contributed by atoms with Gasteiger partial charge in [0.25, 0.3) is 0 Å². The summed E-state index contributed by atoms with van der Waals surface area (Å²) < 4.78 is 2.05. The molecule has 1 saturated heterocycles. The topological polar surface area (TPSA) is 119 Å². The quantitative estimate of drug-likeness (QED) is 0.414. The third-order valence-electron chi connectivity index (χ3n) is 7.97. The summed E-state index contributed by atoms with van der Waals surface area (Å²) in [4.78, 5) is 40.8. The van der Waals surface area contributed by atoms with Crippen molar-refractivity contribution in [2.75, 3.05) is 18.4 Å². The Balaban J connectivity index is 1.23.